The fraction of sp³-hybridized carbons (Fsp3) is 0.0526. The molecule has 0 saturated carbocycles. The van der Waals surface area contributed by atoms with Gasteiger partial charge in [0.15, 0.2) is 17.3 Å². The topological polar surface area (TPSA) is 47.9 Å². The molecule has 0 unspecified atom stereocenters. The van der Waals surface area contributed by atoms with Crippen LogP contribution in [0.1, 0.15) is 11.1 Å². The van der Waals surface area contributed by atoms with Crippen LogP contribution in [-0.4, -0.2) is 18.5 Å². The fourth-order valence-corrected chi connectivity index (χ4v) is 2.45. The summed E-state index contributed by atoms with van der Waals surface area (Å²) in [5.74, 6) is -2.54. The van der Waals surface area contributed by atoms with E-state index in [9.17, 15) is 13.6 Å². The Balaban J connectivity index is 1.92. The van der Waals surface area contributed by atoms with Crippen LogP contribution in [0.5, 0.6) is 5.75 Å². The molecule has 4 nitrogen and oxygen atoms in total. The number of hydrogen-bond donors (Lipinski definition) is 0. The number of esters is 1. The molecule has 0 N–H and O–H groups in total. The molecule has 0 bridgehead atoms. The van der Waals surface area contributed by atoms with E-state index in [1.54, 1.807) is 30.3 Å². The van der Waals surface area contributed by atoms with Gasteiger partial charge in [-0.3, -0.25) is 0 Å². The second-order valence-electron chi connectivity index (χ2n) is 5.25. The van der Waals surface area contributed by atoms with E-state index in [0.29, 0.717) is 17.9 Å². The van der Waals surface area contributed by atoms with Crippen LogP contribution in [0.3, 0.4) is 0 Å². The monoisotopic (exact) mass is 375 g/mol. The predicted molar refractivity (Wildman–Crippen MR) is 94.1 cm³/mol. The highest BCUT2D eigenvalue weighted by Crippen LogP contribution is 2.26. The van der Waals surface area contributed by atoms with Crippen LogP contribution < -0.4 is 4.74 Å². The van der Waals surface area contributed by atoms with E-state index in [-0.39, 0.29) is 22.2 Å². The molecule has 1 aliphatic rings. The third-order valence-corrected chi connectivity index (χ3v) is 3.70. The molecule has 0 saturated heterocycles. The van der Waals surface area contributed by atoms with E-state index in [2.05, 4.69) is 11.6 Å². The van der Waals surface area contributed by atoms with Crippen molar-refractivity contribution in [3.63, 3.8) is 0 Å². The lowest BCUT2D eigenvalue weighted by Crippen LogP contribution is -2.07. The maximum Gasteiger partial charge on any atom is 0.363 e. The smallest absolute Gasteiger partial charge is 0.363 e. The molecule has 3 rings (SSSR count). The number of benzene rings is 2. The van der Waals surface area contributed by atoms with Gasteiger partial charge in [0.25, 0.3) is 0 Å². The van der Waals surface area contributed by atoms with Crippen LogP contribution >= 0.6 is 11.6 Å². The molecule has 0 amide bonds. The third kappa shape index (κ3) is 3.81. The van der Waals surface area contributed by atoms with Crippen molar-refractivity contribution in [3.05, 3.63) is 82.5 Å². The first-order valence-corrected chi connectivity index (χ1v) is 7.87. The summed E-state index contributed by atoms with van der Waals surface area (Å²) in [5, 5.41) is -0.114. The Hall–Kier alpha value is -2.99. The number of rotatable bonds is 5. The van der Waals surface area contributed by atoms with Crippen molar-refractivity contribution in [2.45, 2.75) is 0 Å². The van der Waals surface area contributed by atoms with Gasteiger partial charge in [-0.25, -0.2) is 18.6 Å². The highest BCUT2D eigenvalue weighted by molar-refractivity contribution is 6.34. The molecule has 1 aliphatic heterocycles. The van der Waals surface area contributed by atoms with E-state index in [4.69, 9.17) is 21.1 Å². The molecule has 2 aromatic rings. The lowest BCUT2D eigenvalue weighted by molar-refractivity contribution is -0.129. The summed E-state index contributed by atoms with van der Waals surface area (Å²) < 4.78 is 37.1. The Bertz CT molecular complexity index is 954. The molecule has 0 aromatic heterocycles. The van der Waals surface area contributed by atoms with Gasteiger partial charge in [0.2, 0.25) is 5.90 Å². The second kappa shape index (κ2) is 7.49. The van der Waals surface area contributed by atoms with Crippen LogP contribution in [0.4, 0.5) is 8.78 Å². The van der Waals surface area contributed by atoms with Gasteiger partial charge < -0.3 is 9.47 Å². The average Bonchev–Trinajstić information content (AvgIpc) is 2.97. The quantitative estimate of drug-likeness (QED) is 0.334. The fourth-order valence-electron chi connectivity index (χ4n) is 2.22. The molecule has 0 fully saturated rings. The number of carbonyl (C=O) groups is 1. The minimum Gasteiger partial charge on any atom is -0.490 e. The zero-order valence-corrected chi connectivity index (χ0v) is 14.1. The Morgan fingerprint density at radius 1 is 1.23 bits per heavy atom. The molecule has 0 radical (unpaired) electrons. The first-order valence-electron chi connectivity index (χ1n) is 7.49. The number of cyclic esters (lactones) is 1. The Kier molecular flexibility index (Phi) is 5.14. The Morgan fingerprint density at radius 2 is 2.00 bits per heavy atom. The first kappa shape index (κ1) is 17.8. The molecular weight excluding hydrogens is 364 g/mol. The van der Waals surface area contributed by atoms with Gasteiger partial charge in [0.05, 0.1) is 10.6 Å². The number of carbonyl (C=O) groups excluding carboxylic acids is 1. The highest BCUT2D eigenvalue weighted by atomic mass is 35.5. The summed E-state index contributed by atoms with van der Waals surface area (Å²) in [7, 11) is 0. The minimum absolute atomic E-state index is 0.00155. The van der Waals surface area contributed by atoms with Gasteiger partial charge in [-0.15, -0.1) is 0 Å². The van der Waals surface area contributed by atoms with Crippen LogP contribution in [0.15, 0.2) is 59.7 Å². The molecule has 2 aromatic carbocycles. The van der Waals surface area contributed by atoms with Gasteiger partial charge >= 0.3 is 5.97 Å². The summed E-state index contributed by atoms with van der Waals surface area (Å²) in [5.41, 5.74) is 0.645. The van der Waals surface area contributed by atoms with Crippen molar-refractivity contribution in [3.8, 4) is 5.75 Å². The summed E-state index contributed by atoms with van der Waals surface area (Å²) in [6.45, 7) is 3.92. The molecular formula is C19H12ClF2NO3. The maximum atomic E-state index is 13.4. The Morgan fingerprint density at radius 3 is 2.77 bits per heavy atom. The second-order valence-corrected chi connectivity index (χ2v) is 5.66. The number of halogens is 3. The molecule has 0 spiro atoms. The van der Waals surface area contributed by atoms with Crippen LogP contribution in [0, 0.1) is 11.6 Å². The summed E-state index contributed by atoms with van der Waals surface area (Å²) in [4.78, 5) is 16.1. The lowest BCUT2D eigenvalue weighted by atomic mass is 10.2. The SMILES string of the molecule is C=CCOc1cccc(C=C2N=C(c3cc(F)c(F)cc3Cl)OC2=O)c1. The van der Waals surface area contributed by atoms with Gasteiger partial charge in [0, 0.05) is 0 Å². The molecule has 0 atom stereocenters. The first-order chi connectivity index (χ1) is 12.5. The maximum absolute atomic E-state index is 13.4. The number of aliphatic imine (C=N–C) groups is 1. The summed E-state index contributed by atoms with van der Waals surface area (Å²) >= 11 is 5.88. The number of nitrogens with zero attached hydrogens (tertiary/aromatic N) is 1. The predicted octanol–water partition coefficient (Wildman–Crippen LogP) is 4.53. The zero-order valence-electron chi connectivity index (χ0n) is 13.3. The Labute approximate surface area is 153 Å². The van der Waals surface area contributed by atoms with Crippen molar-refractivity contribution < 1.29 is 23.0 Å². The molecule has 7 heteroatoms. The number of hydrogen-bond acceptors (Lipinski definition) is 4. The van der Waals surface area contributed by atoms with E-state index >= 15 is 0 Å². The van der Waals surface area contributed by atoms with Gasteiger partial charge in [-0.1, -0.05) is 36.4 Å². The summed E-state index contributed by atoms with van der Waals surface area (Å²) in [6.07, 6.45) is 3.10. The average molecular weight is 376 g/mol. The normalized spacial score (nSPS) is 15.0. The van der Waals surface area contributed by atoms with Gasteiger partial charge in [0.1, 0.15) is 12.4 Å². The van der Waals surface area contributed by atoms with Crippen molar-refractivity contribution in [1.82, 2.24) is 0 Å². The largest absolute Gasteiger partial charge is 0.490 e. The minimum atomic E-state index is -1.12. The standard InChI is InChI=1S/C19H12ClF2NO3/c1-2-6-25-12-5-3-4-11(7-12)8-17-19(24)26-18(23-17)13-9-15(21)16(22)10-14(13)20/h2-5,7-10H,1,6H2. The van der Waals surface area contributed by atoms with Crippen molar-refractivity contribution in [1.29, 1.82) is 0 Å². The summed E-state index contributed by atoms with van der Waals surface area (Å²) in [6, 6.07) is 8.60. The highest BCUT2D eigenvalue weighted by Gasteiger charge is 2.26. The van der Waals surface area contributed by atoms with E-state index in [1.165, 1.54) is 6.08 Å². The molecule has 26 heavy (non-hydrogen) atoms. The molecule has 1 heterocycles. The number of ether oxygens (including phenoxy) is 2. The van der Waals surface area contributed by atoms with Crippen LogP contribution in [0.25, 0.3) is 6.08 Å². The molecule has 0 aliphatic carbocycles. The lowest BCUT2D eigenvalue weighted by Gasteiger charge is -2.03. The van der Waals surface area contributed by atoms with Crippen LogP contribution in [0.2, 0.25) is 5.02 Å². The van der Waals surface area contributed by atoms with Crippen molar-refractivity contribution in [2.75, 3.05) is 6.61 Å². The van der Waals surface area contributed by atoms with E-state index < -0.39 is 17.6 Å². The van der Waals surface area contributed by atoms with Gasteiger partial charge in [-0.2, -0.15) is 0 Å². The zero-order chi connectivity index (χ0) is 18.7. The van der Waals surface area contributed by atoms with E-state index in [0.717, 1.165) is 12.1 Å². The van der Waals surface area contributed by atoms with Gasteiger partial charge in [-0.05, 0) is 35.9 Å². The third-order valence-electron chi connectivity index (χ3n) is 3.39. The van der Waals surface area contributed by atoms with Crippen LogP contribution in [-0.2, 0) is 9.53 Å². The van der Waals surface area contributed by atoms with E-state index in [1.807, 2.05) is 0 Å². The van der Waals surface area contributed by atoms with Crippen molar-refractivity contribution in [2.24, 2.45) is 4.99 Å². The molecule has 132 valence electrons. The van der Waals surface area contributed by atoms with Crippen molar-refractivity contribution >= 4 is 29.5 Å².